The van der Waals surface area contributed by atoms with Gasteiger partial charge in [0.2, 0.25) is 0 Å². The third kappa shape index (κ3) is 3.36. The lowest BCUT2D eigenvalue weighted by molar-refractivity contribution is 0.444. The minimum absolute atomic E-state index is 0.616. The number of hydrogen-bond acceptors (Lipinski definition) is 2. The van der Waals surface area contributed by atoms with Gasteiger partial charge in [-0.05, 0) is 57.0 Å². The highest BCUT2D eigenvalue weighted by molar-refractivity contribution is 6.30. The van der Waals surface area contributed by atoms with Crippen molar-refractivity contribution in [3.05, 3.63) is 29.3 Å². The number of hydrogen-bond donors (Lipinski definition) is 1. The Labute approximate surface area is 109 Å². The van der Waals surface area contributed by atoms with Crippen LogP contribution < -0.4 is 10.2 Å². The fourth-order valence-corrected chi connectivity index (χ4v) is 2.66. The summed E-state index contributed by atoms with van der Waals surface area (Å²) in [5, 5.41) is 4.13. The van der Waals surface area contributed by atoms with Gasteiger partial charge in [-0.1, -0.05) is 11.6 Å². The molecule has 0 aliphatic carbocycles. The van der Waals surface area contributed by atoms with E-state index in [0.29, 0.717) is 6.04 Å². The maximum atomic E-state index is 5.91. The van der Waals surface area contributed by atoms with Crippen LogP contribution in [0.25, 0.3) is 0 Å². The van der Waals surface area contributed by atoms with Crippen LogP contribution in [0.5, 0.6) is 0 Å². The van der Waals surface area contributed by atoms with Crippen LogP contribution in [0.15, 0.2) is 24.3 Å². The van der Waals surface area contributed by atoms with Crippen molar-refractivity contribution in [3.63, 3.8) is 0 Å². The molecule has 1 aromatic rings. The largest absolute Gasteiger partial charge is 0.371 e. The van der Waals surface area contributed by atoms with Crippen LogP contribution >= 0.6 is 11.6 Å². The van der Waals surface area contributed by atoms with Crippen molar-refractivity contribution in [2.45, 2.75) is 25.8 Å². The SMILES string of the molecule is CNC(C)CC1CCN(c2ccc(Cl)cc2)C1. The molecule has 1 heterocycles. The summed E-state index contributed by atoms with van der Waals surface area (Å²) >= 11 is 5.91. The van der Waals surface area contributed by atoms with Gasteiger partial charge in [0.05, 0.1) is 0 Å². The van der Waals surface area contributed by atoms with E-state index in [0.717, 1.165) is 10.9 Å². The number of benzene rings is 1. The number of nitrogens with one attached hydrogen (secondary N) is 1. The number of rotatable bonds is 4. The lowest BCUT2D eigenvalue weighted by Gasteiger charge is -2.20. The number of halogens is 1. The first kappa shape index (κ1) is 12.7. The van der Waals surface area contributed by atoms with Crippen LogP contribution in [0, 0.1) is 5.92 Å². The monoisotopic (exact) mass is 252 g/mol. The van der Waals surface area contributed by atoms with Gasteiger partial charge in [-0.25, -0.2) is 0 Å². The van der Waals surface area contributed by atoms with E-state index in [1.807, 2.05) is 19.2 Å². The third-order valence-electron chi connectivity index (χ3n) is 3.66. The van der Waals surface area contributed by atoms with E-state index in [1.165, 1.54) is 31.6 Å². The first-order chi connectivity index (χ1) is 8.19. The second-order valence-electron chi connectivity index (χ2n) is 5.00. The second-order valence-corrected chi connectivity index (χ2v) is 5.44. The van der Waals surface area contributed by atoms with Gasteiger partial charge in [0.25, 0.3) is 0 Å². The van der Waals surface area contributed by atoms with Crippen molar-refractivity contribution in [3.8, 4) is 0 Å². The zero-order chi connectivity index (χ0) is 12.3. The molecule has 0 spiro atoms. The lowest BCUT2D eigenvalue weighted by Crippen LogP contribution is -2.26. The molecule has 1 N–H and O–H groups in total. The quantitative estimate of drug-likeness (QED) is 0.886. The van der Waals surface area contributed by atoms with E-state index in [4.69, 9.17) is 11.6 Å². The maximum Gasteiger partial charge on any atom is 0.0407 e. The Hall–Kier alpha value is -0.730. The summed E-state index contributed by atoms with van der Waals surface area (Å²) in [7, 11) is 2.04. The maximum absolute atomic E-state index is 5.91. The molecular weight excluding hydrogens is 232 g/mol. The molecule has 3 heteroatoms. The van der Waals surface area contributed by atoms with Gasteiger partial charge in [-0.2, -0.15) is 0 Å². The molecule has 2 nitrogen and oxygen atoms in total. The lowest BCUT2D eigenvalue weighted by atomic mass is 10.0. The normalized spacial score (nSPS) is 21.8. The molecule has 0 radical (unpaired) electrons. The summed E-state index contributed by atoms with van der Waals surface area (Å²) in [5.41, 5.74) is 1.30. The molecule has 0 aromatic heterocycles. The van der Waals surface area contributed by atoms with Gasteiger partial charge in [0, 0.05) is 29.8 Å². The Balaban J connectivity index is 1.91. The molecule has 0 saturated carbocycles. The van der Waals surface area contributed by atoms with Gasteiger partial charge in [0.15, 0.2) is 0 Å². The zero-order valence-corrected chi connectivity index (χ0v) is 11.4. The summed E-state index contributed by atoms with van der Waals surface area (Å²) in [6.45, 7) is 4.60. The fourth-order valence-electron chi connectivity index (χ4n) is 2.53. The fraction of sp³-hybridized carbons (Fsp3) is 0.571. The highest BCUT2D eigenvalue weighted by atomic mass is 35.5. The molecule has 2 atom stereocenters. The van der Waals surface area contributed by atoms with Gasteiger partial charge in [-0.15, -0.1) is 0 Å². The first-order valence-corrected chi connectivity index (χ1v) is 6.74. The molecule has 1 fully saturated rings. The Bertz CT molecular complexity index is 350. The van der Waals surface area contributed by atoms with Crippen molar-refractivity contribution in [1.82, 2.24) is 5.32 Å². The molecular formula is C14H21ClN2. The van der Waals surface area contributed by atoms with Crippen molar-refractivity contribution < 1.29 is 0 Å². The smallest absolute Gasteiger partial charge is 0.0407 e. The summed E-state index contributed by atoms with van der Waals surface area (Å²) in [6, 6.07) is 8.80. The molecule has 0 amide bonds. The summed E-state index contributed by atoms with van der Waals surface area (Å²) in [6.07, 6.45) is 2.56. The van der Waals surface area contributed by atoms with E-state index in [2.05, 4.69) is 29.3 Å². The molecule has 2 rings (SSSR count). The van der Waals surface area contributed by atoms with Crippen molar-refractivity contribution in [2.24, 2.45) is 5.92 Å². The minimum Gasteiger partial charge on any atom is -0.371 e. The molecule has 1 saturated heterocycles. The molecule has 1 aliphatic rings. The predicted octanol–water partition coefficient (Wildman–Crippen LogP) is 3.16. The molecule has 1 aromatic carbocycles. The van der Waals surface area contributed by atoms with Gasteiger partial charge in [-0.3, -0.25) is 0 Å². The Morgan fingerprint density at radius 1 is 1.41 bits per heavy atom. The molecule has 1 aliphatic heterocycles. The van der Waals surface area contributed by atoms with Crippen LogP contribution in [-0.2, 0) is 0 Å². The second kappa shape index (κ2) is 5.74. The van der Waals surface area contributed by atoms with E-state index in [9.17, 15) is 0 Å². The van der Waals surface area contributed by atoms with E-state index < -0.39 is 0 Å². The topological polar surface area (TPSA) is 15.3 Å². The Morgan fingerprint density at radius 2 is 2.12 bits per heavy atom. The van der Waals surface area contributed by atoms with Gasteiger partial charge in [0.1, 0.15) is 0 Å². The average Bonchev–Trinajstić information content (AvgIpc) is 2.78. The van der Waals surface area contributed by atoms with Crippen LogP contribution in [0.1, 0.15) is 19.8 Å². The van der Waals surface area contributed by atoms with E-state index in [1.54, 1.807) is 0 Å². The van der Waals surface area contributed by atoms with Crippen LogP contribution in [-0.4, -0.2) is 26.2 Å². The standard InChI is InChI=1S/C14H21ClN2/c1-11(16-2)9-12-7-8-17(10-12)14-5-3-13(15)4-6-14/h3-6,11-12,16H,7-10H2,1-2H3. The minimum atomic E-state index is 0.616. The Morgan fingerprint density at radius 3 is 2.76 bits per heavy atom. The zero-order valence-electron chi connectivity index (χ0n) is 10.6. The molecule has 0 bridgehead atoms. The average molecular weight is 253 g/mol. The first-order valence-electron chi connectivity index (χ1n) is 6.37. The number of anilines is 1. The molecule has 2 unspecified atom stereocenters. The highest BCUT2D eigenvalue weighted by Crippen LogP contribution is 2.27. The predicted molar refractivity (Wildman–Crippen MR) is 74.9 cm³/mol. The van der Waals surface area contributed by atoms with Crippen molar-refractivity contribution in [1.29, 1.82) is 0 Å². The van der Waals surface area contributed by atoms with Gasteiger partial charge >= 0.3 is 0 Å². The van der Waals surface area contributed by atoms with Crippen LogP contribution in [0.3, 0.4) is 0 Å². The summed E-state index contributed by atoms with van der Waals surface area (Å²) in [5.74, 6) is 0.813. The summed E-state index contributed by atoms with van der Waals surface area (Å²) in [4.78, 5) is 2.46. The number of nitrogens with zero attached hydrogens (tertiary/aromatic N) is 1. The van der Waals surface area contributed by atoms with Crippen LogP contribution in [0.2, 0.25) is 5.02 Å². The molecule has 17 heavy (non-hydrogen) atoms. The van der Waals surface area contributed by atoms with Crippen LogP contribution in [0.4, 0.5) is 5.69 Å². The van der Waals surface area contributed by atoms with E-state index >= 15 is 0 Å². The highest BCUT2D eigenvalue weighted by Gasteiger charge is 2.23. The summed E-state index contributed by atoms with van der Waals surface area (Å²) < 4.78 is 0. The van der Waals surface area contributed by atoms with Crippen molar-refractivity contribution >= 4 is 17.3 Å². The van der Waals surface area contributed by atoms with Gasteiger partial charge < -0.3 is 10.2 Å². The van der Waals surface area contributed by atoms with Crippen molar-refractivity contribution in [2.75, 3.05) is 25.0 Å². The van der Waals surface area contributed by atoms with E-state index in [-0.39, 0.29) is 0 Å². The molecule has 94 valence electrons. The Kier molecular flexibility index (Phi) is 4.30. The third-order valence-corrected chi connectivity index (χ3v) is 3.91.